The van der Waals surface area contributed by atoms with Gasteiger partial charge >= 0.3 is 5.97 Å². The molecule has 1 aliphatic heterocycles. The van der Waals surface area contributed by atoms with Crippen LogP contribution < -0.4 is 5.32 Å². The van der Waals surface area contributed by atoms with Crippen molar-refractivity contribution in [3.63, 3.8) is 0 Å². The summed E-state index contributed by atoms with van der Waals surface area (Å²) in [6, 6.07) is 10.7. The van der Waals surface area contributed by atoms with Gasteiger partial charge in [0.2, 0.25) is 0 Å². The van der Waals surface area contributed by atoms with Crippen LogP contribution in [0.1, 0.15) is 39.1 Å². The minimum absolute atomic E-state index is 0.107. The average Bonchev–Trinajstić information content (AvgIpc) is 3.18. The number of halogens is 1. The van der Waals surface area contributed by atoms with Crippen molar-refractivity contribution in [2.45, 2.75) is 18.9 Å². The number of amides is 1. The topological polar surface area (TPSA) is 108 Å². The van der Waals surface area contributed by atoms with Crippen molar-refractivity contribution in [3.05, 3.63) is 64.2 Å². The number of anilines is 1. The van der Waals surface area contributed by atoms with Gasteiger partial charge in [0.15, 0.2) is 0 Å². The molecule has 0 bridgehead atoms. The predicted octanol–water partition coefficient (Wildman–Crippen LogP) is 3.65. The fourth-order valence-corrected chi connectivity index (χ4v) is 3.09. The summed E-state index contributed by atoms with van der Waals surface area (Å²) < 4.78 is 5.54. The van der Waals surface area contributed by atoms with E-state index in [4.69, 9.17) is 16.3 Å². The van der Waals surface area contributed by atoms with Crippen LogP contribution in [0, 0.1) is 0 Å². The first kappa shape index (κ1) is 18.9. The van der Waals surface area contributed by atoms with Gasteiger partial charge in [0, 0.05) is 22.8 Å². The molecular weight excluding hydrogens is 372 g/mol. The average molecular weight is 389 g/mol. The van der Waals surface area contributed by atoms with Gasteiger partial charge in [-0.15, -0.1) is 0 Å². The molecule has 7 nitrogen and oxygen atoms in total. The summed E-state index contributed by atoms with van der Waals surface area (Å²) >= 11 is 5.82. The Morgan fingerprint density at radius 2 is 1.96 bits per heavy atom. The Bertz CT molecular complexity index is 907. The normalized spacial score (nSPS) is 16.9. The van der Waals surface area contributed by atoms with E-state index in [9.17, 15) is 19.9 Å². The summed E-state index contributed by atoms with van der Waals surface area (Å²) in [4.78, 5) is 23.9. The van der Waals surface area contributed by atoms with Crippen molar-refractivity contribution < 1.29 is 24.6 Å². The quantitative estimate of drug-likeness (QED) is 0.411. The highest BCUT2D eigenvalue weighted by Crippen LogP contribution is 2.23. The number of carboxylic acids is 1. The molecule has 1 amide bonds. The van der Waals surface area contributed by atoms with Gasteiger partial charge in [-0.05, 0) is 43.2 Å². The van der Waals surface area contributed by atoms with Crippen molar-refractivity contribution in [1.29, 1.82) is 0 Å². The van der Waals surface area contributed by atoms with Crippen LogP contribution in [0.5, 0.6) is 0 Å². The van der Waals surface area contributed by atoms with Crippen LogP contribution in [0.4, 0.5) is 5.69 Å². The second-order valence-corrected chi connectivity index (χ2v) is 6.45. The Labute approximate surface area is 160 Å². The Morgan fingerprint density at radius 3 is 2.63 bits per heavy atom. The van der Waals surface area contributed by atoms with Crippen molar-refractivity contribution in [2.24, 2.45) is 5.16 Å². The van der Waals surface area contributed by atoms with Crippen LogP contribution in [0.15, 0.2) is 47.6 Å². The number of ether oxygens (including phenoxy) is 1. The maximum atomic E-state index is 12.6. The van der Waals surface area contributed by atoms with E-state index in [1.165, 1.54) is 18.2 Å². The Morgan fingerprint density at radius 1 is 1.19 bits per heavy atom. The number of carbonyl (C=O) groups is 2. The number of nitrogens with zero attached hydrogens (tertiary/aromatic N) is 1. The van der Waals surface area contributed by atoms with Crippen LogP contribution in [0.2, 0.25) is 5.02 Å². The number of hydrogen-bond acceptors (Lipinski definition) is 5. The highest BCUT2D eigenvalue weighted by atomic mass is 35.5. The molecule has 0 saturated carbocycles. The maximum absolute atomic E-state index is 12.6. The molecule has 0 aliphatic carbocycles. The number of carboxylic acid groups (broad SMARTS) is 1. The lowest BCUT2D eigenvalue weighted by Crippen LogP contribution is -2.22. The fourth-order valence-electron chi connectivity index (χ4n) is 2.92. The van der Waals surface area contributed by atoms with Gasteiger partial charge in [0.1, 0.15) is 11.8 Å². The van der Waals surface area contributed by atoms with Crippen molar-refractivity contribution in [3.8, 4) is 0 Å². The number of aromatic carboxylic acids is 1. The third-order valence-corrected chi connectivity index (χ3v) is 4.46. The van der Waals surface area contributed by atoms with E-state index in [2.05, 4.69) is 10.5 Å². The summed E-state index contributed by atoms with van der Waals surface area (Å²) in [6.45, 7) is 0.596. The van der Waals surface area contributed by atoms with Crippen LogP contribution in [-0.4, -0.2) is 40.6 Å². The highest BCUT2D eigenvalue weighted by molar-refractivity contribution is 6.31. The van der Waals surface area contributed by atoms with Gasteiger partial charge in [0.25, 0.3) is 5.91 Å². The summed E-state index contributed by atoms with van der Waals surface area (Å²) in [5.74, 6) is -1.69. The first-order chi connectivity index (χ1) is 13.0. The number of benzene rings is 2. The fraction of sp³-hybridized carbons (Fsp3) is 0.211. The molecule has 1 heterocycles. The molecule has 1 atom stereocenters. The molecule has 0 spiro atoms. The summed E-state index contributed by atoms with van der Waals surface area (Å²) in [7, 11) is 0. The van der Waals surface area contributed by atoms with Crippen molar-refractivity contribution in [2.75, 3.05) is 11.9 Å². The second-order valence-electron chi connectivity index (χ2n) is 6.02. The van der Waals surface area contributed by atoms with Gasteiger partial charge in [-0.2, -0.15) is 0 Å². The minimum Gasteiger partial charge on any atom is -0.478 e. The maximum Gasteiger partial charge on any atom is 0.337 e. The molecule has 1 unspecified atom stereocenters. The van der Waals surface area contributed by atoms with Gasteiger partial charge in [-0.3, -0.25) is 4.79 Å². The number of rotatable bonds is 5. The van der Waals surface area contributed by atoms with E-state index < -0.39 is 11.9 Å². The van der Waals surface area contributed by atoms with Gasteiger partial charge < -0.3 is 20.4 Å². The zero-order chi connectivity index (χ0) is 19.4. The zero-order valence-electron chi connectivity index (χ0n) is 14.2. The molecule has 1 saturated heterocycles. The summed E-state index contributed by atoms with van der Waals surface area (Å²) in [5, 5.41) is 24.8. The molecule has 1 aliphatic rings. The Kier molecular flexibility index (Phi) is 5.73. The van der Waals surface area contributed by atoms with E-state index in [1.54, 1.807) is 24.3 Å². The third-order valence-electron chi connectivity index (χ3n) is 4.22. The van der Waals surface area contributed by atoms with E-state index in [0.717, 1.165) is 12.8 Å². The lowest BCUT2D eigenvalue weighted by atomic mass is 10.0. The first-order valence-electron chi connectivity index (χ1n) is 8.28. The van der Waals surface area contributed by atoms with Gasteiger partial charge in [-0.1, -0.05) is 28.9 Å². The van der Waals surface area contributed by atoms with Crippen molar-refractivity contribution >= 4 is 34.9 Å². The van der Waals surface area contributed by atoms with Crippen LogP contribution >= 0.6 is 11.6 Å². The molecule has 2 aromatic rings. The Hall–Kier alpha value is -2.90. The molecule has 8 heteroatoms. The first-order valence-corrected chi connectivity index (χ1v) is 8.65. The second kappa shape index (κ2) is 8.20. The van der Waals surface area contributed by atoms with E-state index >= 15 is 0 Å². The van der Waals surface area contributed by atoms with Gasteiger partial charge in [-0.25, -0.2) is 4.79 Å². The molecule has 140 valence electrons. The number of oxime groups is 1. The molecule has 3 rings (SSSR count). The van der Waals surface area contributed by atoms with Gasteiger partial charge in [0.05, 0.1) is 11.3 Å². The Balaban J connectivity index is 1.85. The standard InChI is InChI=1S/C19H17ClN2O5/c20-13-6-7-15(14(10-13)19(24)25)21-18(23)12-4-1-3-11(9-12)17(22-26)16-5-2-8-27-16/h1,3-4,6-7,9-10,16,26H,2,5,8H2,(H,21,23)(H,24,25)/b22-17+. The van der Waals surface area contributed by atoms with Crippen LogP contribution in [-0.2, 0) is 4.74 Å². The molecule has 2 aromatic carbocycles. The smallest absolute Gasteiger partial charge is 0.337 e. The molecule has 3 N–H and O–H groups in total. The molecule has 0 radical (unpaired) electrons. The van der Waals surface area contributed by atoms with E-state index in [1.807, 2.05) is 0 Å². The molecule has 0 aromatic heterocycles. The van der Waals surface area contributed by atoms with E-state index in [0.29, 0.717) is 17.9 Å². The summed E-state index contributed by atoms with van der Waals surface area (Å²) in [5.41, 5.74) is 1.24. The lowest BCUT2D eigenvalue weighted by molar-refractivity contribution is 0.0698. The number of hydrogen-bond donors (Lipinski definition) is 3. The largest absolute Gasteiger partial charge is 0.478 e. The zero-order valence-corrected chi connectivity index (χ0v) is 14.9. The molecule has 1 fully saturated rings. The van der Waals surface area contributed by atoms with Crippen LogP contribution in [0.3, 0.4) is 0 Å². The minimum atomic E-state index is -1.20. The predicted molar refractivity (Wildman–Crippen MR) is 100 cm³/mol. The molecular formula is C19H17ClN2O5. The molecule has 27 heavy (non-hydrogen) atoms. The van der Waals surface area contributed by atoms with Crippen LogP contribution in [0.25, 0.3) is 0 Å². The highest BCUT2D eigenvalue weighted by Gasteiger charge is 2.24. The number of nitrogens with one attached hydrogen (secondary N) is 1. The third kappa shape index (κ3) is 4.27. The van der Waals surface area contributed by atoms with E-state index in [-0.39, 0.29) is 27.9 Å². The lowest BCUT2D eigenvalue weighted by Gasteiger charge is -2.13. The van der Waals surface area contributed by atoms with Crippen molar-refractivity contribution in [1.82, 2.24) is 0 Å². The number of carbonyl (C=O) groups excluding carboxylic acids is 1. The monoisotopic (exact) mass is 388 g/mol. The summed E-state index contributed by atoms with van der Waals surface area (Å²) in [6.07, 6.45) is 1.30. The SMILES string of the molecule is O=C(Nc1ccc(Cl)cc1C(=O)O)c1cccc(/C(=N\O)C2CCCO2)c1.